The zero-order valence-corrected chi connectivity index (χ0v) is 7.79. The molecule has 6 heteroatoms. The summed E-state index contributed by atoms with van der Waals surface area (Å²) < 4.78 is 58.7. The van der Waals surface area contributed by atoms with E-state index in [9.17, 15) is 21.6 Å². The van der Waals surface area contributed by atoms with E-state index >= 15 is 0 Å². The van der Waals surface area contributed by atoms with Crippen LogP contribution in [0.15, 0.2) is 0 Å². The predicted molar refractivity (Wildman–Crippen MR) is 42.0 cm³/mol. The van der Waals surface area contributed by atoms with Gasteiger partial charge in [0.25, 0.3) is 0 Å². The van der Waals surface area contributed by atoms with Crippen molar-refractivity contribution in [1.29, 1.82) is 0 Å². The van der Waals surface area contributed by atoms with E-state index in [-0.39, 0.29) is 12.2 Å². The van der Waals surface area contributed by atoms with E-state index in [0.717, 1.165) is 0 Å². The third-order valence-corrected chi connectivity index (χ3v) is 4.00. The molecule has 1 rings (SSSR count). The molecule has 13 heavy (non-hydrogen) atoms. The molecule has 0 saturated carbocycles. The highest BCUT2D eigenvalue weighted by Gasteiger charge is 2.42. The van der Waals surface area contributed by atoms with Crippen LogP contribution >= 0.6 is 0 Å². The number of halogens is 3. The third-order valence-electron chi connectivity index (χ3n) is 2.18. The number of rotatable bonds is 0. The molecular formula is C7H11F3O2S. The van der Waals surface area contributed by atoms with Crippen molar-refractivity contribution in [3.63, 3.8) is 0 Å². The highest BCUT2D eigenvalue weighted by molar-refractivity contribution is 7.91. The first-order valence-corrected chi connectivity index (χ1v) is 5.90. The fraction of sp³-hybridized carbons (Fsp3) is 1.00. The molecule has 1 heterocycles. The van der Waals surface area contributed by atoms with Crippen LogP contribution in [0.3, 0.4) is 0 Å². The van der Waals surface area contributed by atoms with Gasteiger partial charge >= 0.3 is 6.18 Å². The smallest absolute Gasteiger partial charge is 0.229 e. The Morgan fingerprint density at radius 2 is 1.77 bits per heavy atom. The van der Waals surface area contributed by atoms with Gasteiger partial charge in [0.15, 0.2) is 9.84 Å². The quantitative estimate of drug-likeness (QED) is 0.618. The maximum Gasteiger partial charge on any atom is 0.392 e. The second-order valence-electron chi connectivity index (χ2n) is 3.35. The normalized spacial score (nSPS) is 29.6. The zero-order chi connectivity index (χ0) is 10.1. The molecule has 0 N–H and O–H groups in total. The second-order valence-corrected chi connectivity index (χ2v) is 5.58. The van der Waals surface area contributed by atoms with Gasteiger partial charge in [-0.05, 0) is 12.8 Å². The van der Waals surface area contributed by atoms with Crippen molar-refractivity contribution in [2.24, 2.45) is 5.92 Å². The molecule has 0 aromatic carbocycles. The van der Waals surface area contributed by atoms with Crippen molar-refractivity contribution < 1.29 is 21.6 Å². The van der Waals surface area contributed by atoms with Gasteiger partial charge in [-0.3, -0.25) is 0 Å². The fourth-order valence-electron chi connectivity index (χ4n) is 1.44. The molecule has 0 bridgehead atoms. The molecule has 0 radical (unpaired) electrons. The molecule has 1 saturated heterocycles. The van der Waals surface area contributed by atoms with Crippen LogP contribution in [0.1, 0.15) is 19.3 Å². The summed E-state index contributed by atoms with van der Waals surface area (Å²) in [5.41, 5.74) is 0. The average molecular weight is 216 g/mol. The lowest BCUT2D eigenvalue weighted by Gasteiger charge is -2.16. The second kappa shape index (κ2) is 3.48. The van der Waals surface area contributed by atoms with Crippen molar-refractivity contribution in [2.45, 2.75) is 25.4 Å². The summed E-state index contributed by atoms with van der Waals surface area (Å²) in [5.74, 6) is -2.48. The van der Waals surface area contributed by atoms with Gasteiger partial charge in [-0.25, -0.2) is 8.42 Å². The maximum atomic E-state index is 12.2. The van der Waals surface area contributed by atoms with Crippen LogP contribution in [0.4, 0.5) is 13.2 Å². The first-order chi connectivity index (χ1) is 5.81. The van der Waals surface area contributed by atoms with Gasteiger partial charge in [0.2, 0.25) is 0 Å². The minimum atomic E-state index is -4.36. The topological polar surface area (TPSA) is 34.1 Å². The molecule has 0 aromatic rings. The highest BCUT2D eigenvalue weighted by atomic mass is 32.2. The number of hydrogen-bond acceptors (Lipinski definition) is 2. The number of alkyl halides is 3. The van der Waals surface area contributed by atoms with Crippen molar-refractivity contribution in [3.8, 4) is 0 Å². The van der Waals surface area contributed by atoms with E-state index in [1.165, 1.54) is 0 Å². The summed E-state index contributed by atoms with van der Waals surface area (Å²) in [6, 6.07) is 0. The summed E-state index contributed by atoms with van der Waals surface area (Å²) in [7, 11) is -3.47. The van der Waals surface area contributed by atoms with Crippen molar-refractivity contribution >= 4 is 9.84 Å². The molecule has 0 aromatic heterocycles. The molecule has 0 spiro atoms. The van der Waals surface area contributed by atoms with Crippen LogP contribution in [0.5, 0.6) is 0 Å². The summed E-state index contributed by atoms with van der Waals surface area (Å²) in [6.07, 6.45) is -3.71. The first kappa shape index (κ1) is 10.8. The average Bonchev–Trinajstić information content (AvgIpc) is 2.08. The van der Waals surface area contributed by atoms with Crippen molar-refractivity contribution in [1.82, 2.24) is 0 Å². The lowest BCUT2D eigenvalue weighted by molar-refractivity contribution is -0.169. The summed E-state index contributed by atoms with van der Waals surface area (Å²) >= 11 is 0. The van der Waals surface area contributed by atoms with Gasteiger partial charge in [0.05, 0.1) is 17.4 Å². The van der Waals surface area contributed by atoms with E-state index in [0.29, 0.717) is 12.8 Å². The molecule has 78 valence electrons. The van der Waals surface area contributed by atoms with Gasteiger partial charge in [0, 0.05) is 0 Å². The lowest BCUT2D eigenvalue weighted by Crippen LogP contribution is -2.29. The van der Waals surface area contributed by atoms with Gasteiger partial charge in [0.1, 0.15) is 0 Å². The Labute approximate surface area is 75.0 Å². The minimum absolute atomic E-state index is 0.0528. The Kier molecular flexibility index (Phi) is 2.89. The van der Waals surface area contributed by atoms with Crippen molar-refractivity contribution in [3.05, 3.63) is 0 Å². The summed E-state index contributed by atoms with van der Waals surface area (Å²) in [4.78, 5) is 0. The van der Waals surface area contributed by atoms with E-state index in [4.69, 9.17) is 0 Å². The minimum Gasteiger partial charge on any atom is -0.229 e. The Hall–Kier alpha value is -0.260. The molecule has 1 unspecified atom stereocenters. The highest BCUT2D eigenvalue weighted by Crippen LogP contribution is 2.33. The van der Waals surface area contributed by atoms with Crippen LogP contribution in [-0.4, -0.2) is 26.1 Å². The summed E-state index contributed by atoms with van der Waals surface area (Å²) in [6.45, 7) is 0. The Morgan fingerprint density at radius 1 is 1.15 bits per heavy atom. The third kappa shape index (κ3) is 3.17. The Bertz CT molecular complexity index is 268. The molecule has 1 fully saturated rings. The molecule has 1 atom stereocenters. The lowest BCUT2D eigenvalue weighted by atomic mass is 10.0. The van der Waals surface area contributed by atoms with E-state index in [1.807, 2.05) is 0 Å². The van der Waals surface area contributed by atoms with Gasteiger partial charge in [-0.15, -0.1) is 0 Å². The zero-order valence-electron chi connectivity index (χ0n) is 6.97. The number of hydrogen-bond donors (Lipinski definition) is 0. The molecule has 1 aliphatic rings. The Morgan fingerprint density at radius 3 is 2.31 bits per heavy atom. The van der Waals surface area contributed by atoms with E-state index < -0.39 is 27.7 Å². The van der Waals surface area contributed by atoms with E-state index in [2.05, 4.69) is 0 Å². The maximum absolute atomic E-state index is 12.2. The Balaban J connectivity index is 2.77. The van der Waals surface area contributed by atoms with Crippen LogP contribution in [-0.2, 0) is 9.84 Å². The predicted octanol–water partition coefficient (Wildman–Crippen LogP) is 1.76. The van der Waals surface area contributed by atoms with Gasteiger partial charge in [-0.1, -0.05) is 6.42 Å². The summed E-state index contributed by atoms with van der Waals surface area (Å²) in [5, 5.41) is 0. The van der Waals surface area contributed by atoms with E-state index in [1.54, 1.807) is 0 Å². The van der Waals surface area contributed by atoms with Crippen LogP contribution in [0.25, 0.3) is 0 Å². The monoisotopic (exact) mass is 216 g/mol. The van der Waals surface area contributed by atoms with Crippen LogP contribution in [0.2, 0.25) is 0 Å². The van der Waals surface area contributed by atoms with Crippen LogP contribution in [0, 0.1) is 5.92 Å². The molecule has 2 nitrogen and oxygen atoms in total. The fourth-order valence-corrected chi connectivity index (χ4v) is 3.22. The van der Waals surface area contributed by atoms with Gasteiger partial charge < -0.3 is 0 Å². The largest absolute Gasteiger partial charge is 0.392 e. The standard InChI is InChI=1S/C7H11F3O2S/c8-7(9,10)6-3-1-2-4-13(11,12)5-6/h6H,1-5H2. The molecule has 0 aliphatic carbocycles. The number of sulfone groups is 1. The van der Waals surface area contributed by atoms with Gasteiger partial charge in [-0.2, -0.15) is 13.2 Å². The van der Waals surface area contributed by atoms with Crippen molar-refractivity contribution in [2.75, 3.05) is 11.5 Å². The molecule has 1 aliphatic heterocycles. The van der Waals surface area contributed by atoms with Crippen LogP contribution < -0.4 is 0 Å². The molecule has 0 amide bonds. The first-order valence-electron chi connectivity index (χ1n) is 4.08. The molecular weight excluding hydrogens is 205 g/mol. The SMILES string of the molecule is O=S1(=O)CCCCC(C(F)(F)F)C1.